The summed E-state index contributed by atoms with van der Waals surface area (Å²) in [4.78, 5) is 36.2. The molecule has 4 aliphatic rings. The van der Waals surface area contributed by atoms with Crippen LogP contribution < -0.4 is 21.9 Å². The van der Waals surface area contributed by atoms with Gasteiger partial charge < -0.3 is 11.1 Å². The van der Waals surface area contributed by atoms with Gasteiger partial charge >= 0.3 is 6.03 Å². The quantitative estimate of drug-likeness (QED) is 0.552. The lowest BCUT2D eigenvalue weighted by atomic mass is 9.49. The van der Waals surface area contributed by atoms with Gasteiger partial charge in [-0.3, -0.25) is 20.4 Å². The van der Waals surface area contributed by atoms with E-state index in [1.54, 1.807) is 0 Å². The largest absolute Gasteiger partial charge is 0.352 e. The number of amides is 4. The van der Waals surface area contributed by atoms with Crippen molar-refractivity contribution in [1.82, 2.24) is 16.2 Å². The highest BCUT2D eigenvalue weighted by atomic mass is 16.2. The molecule has 1 aromatic carbocycles. The molecule has 0 aliphatic heterocycles. The molecule has 4 saturated carbocycles. The maximum atomic E-state index is 12.6. The van der Waals surface area contributed by atoms with Gasteiger partial charge in [-0.1, -0.05) is 30.3 Å². The number of benzene rings is 1. The Morgan fingerprint density at radius 3 is 2.03 bits per heavy atom. The number of hydrogen-bond donors (Lipinski definition) is 4. The van der Waals surface area contributed by atoms with Gasteiger partial charge in [0.1, 0.15) is 0 Å². The number of hydrogen-bond acceptors (Lipinski definition) is 3. The first kappa shape index (κ1) is 19.7. The molecule has 5 rings (SSSR count). The van der Waals surface area contributed by atoms with Crippen molar-refractivity contribution in [2.45, 2.75) is 57.4 Å². The second-order valence-electron chi connectivity index (χ2n) is 9.37. The predicted octanol–water partition coefficient (Wildman–Crippen LogP) is 2.54. The fraction of sp³-hybridized carbons (Fsp3) is 0.591. The maximum Gasteiger partial charge on any atom is 0.312 e. The summed E-state index contributed by atoms with van der Waals surface area (Å²) < 4.78 is 0. The number of primary amides is 1. The summed E-state index contributed by atoms with van der Waals surface area (Å²) in [5.74, 6) is 1.87. The summed E-state index contributed by atoms with van der Waals surface area (Å²) in [6, 6.07) is 7.91. The van der Waals surface area contributed by atoms with E-state index in [2.05, 4.69) is 16.2 Å². The summed E-state index contributed by atoms with van der Waals surface area (Å²) in [5, 5.41) is 2.58. The molecule has 29 heavy (non-hydrogen) atoms. The highest BCUT2D eigenvalue weighted by Crippen LogP contribution is 2.61. The molecule has 0 aromatic heterocycles. The van der Waals surface area contributed by atoms with Crippen LogP contribution in [0.2, 0.25) is 0 Å². The van der Waals surface area contributed by atoms with Crippen LogP contribution in [0, 0.1) is 23.2 Å². The van der Waals surface area contributed by atoms with Gasteiger partial charge in [-0.2, -0.15) is 0 Å². The van der Waals surface area contributed by atoms with Crippen LogP contribution in [-0.4, -0.2) is 17.8 Å². The van der Waals surface area contributed by atoms with Crippen molar-refractivity contribution in [3.63, 3.8) is 0 Å². The molecule has 4 bridgehead atoms. The number of carbonyl (C=O) groups excluding carboxylic acids is 3. The molecule has 1 unspecified atom stereocenters. The second kappa shape index (κ2) is 8.05. The van der Waals surface area contributed by atoms with E-state index in [1.165, 1.54) is 19.3 Å². The minimum Gasteiger partial charge on any atom is -0.352 e. The second-order valence-corrected chi connectivity index (χ2v) is 9.37. The van der Waals surface area contributed by atoms with Gasteiger partial charge in [0.2, 0.25) is 11.8 Å². The first-order valence-corrected chi connectivity index (χ1v) is 10.6. The highest BCUT2D eigenvalue weighted by Gasteiger charge is 2.51. The van der Waals surface area contributed by atoms with Crippen LogP contribution >= 0.6 is 0 Å². The Bertz CT molecular complexity index is 744. The lowest BCUT2D eigenvalue weighted by Crippen LogP contribution is -2.50. The minimum absolute atomic E-state index is 0.00933. The van der Waals surface area contributed by atoms with E-state index in [4.69, 9.17) is 5.73 Å². The van der Waals surface area contributed by atoms with Gasteiger partial charge in [-0.05, 0) is 67.3 Å². The fourth-order valence-corrected chi connectivity index (χ4v) is 6.38. The van der Waals surface area contributed by atoms with Crippen LogP contribution in [-0.2, 0) is 9.59 Å². The van der Waals surface area contributed by atoms with Gasteiger partial charge in [0.05, 0.1) is 12.5 Å². The van der Waals surface area contributed by atoms with E-state index < -0.39 is 12.1 Å². The van der Waals surface area contributed by atoms with E-state index in [0.717, 1.165) is 42.6 Å². The lowest BCUT2D eigenvalue weighted by molar-refractivity contribution is -0.134. The number of urea groups is 1. The average Bonchev–Trinajstić information content (AvgIpc) is 2.65. The first-order chi connectivity index (χ1) is 13.9. The minimum atomic E-state index is -0.697. The van der Waals surface area contributed by atoms with Crippen molar-refractivity contribution in [3.05, 3.63) is 35.9 Å². The number of nitrogens with one attached hydrogen (secondary N) is 3. The lowest BCUT2D eigenvalue weighted by Gasteiger charge is -2.56. The van der Waals surface area contributed by atoms with Gasteiger partial charge in [0.25, 0.3) is 0 Å². The third-order valence-electron chi connectivity index (χ3n) is 6.95. The molecule has 1 atom stereocenters. The van der Waals surface area contributed by atoms with Gasteiger partial charge in [0.15, 0.2) is 0 Å². The zero-order chi connectivity index (χ0) is 20.4. The van der Waals surface area contributed by atoms with Crippen LogP contribution in [0.4, 0.5) is 4.79 Å². The number of carbonyl (C=O) groups is 3. The van der Waals surface area contributed by atoms with Crippen molar-refractivity contribution in [2.75, 3.05) is 0 Å². The molecule has 0 radical (unpaired) electrons. The molecule has 4 aliphatic carbocycles. The summed E-state index contributed by atoms with van der Waals surface area (Å²) in [5.41, 5.74) is 11.2. The van der Waals surface area contributed by atoms with Crippen molar-refractivity contribution in [2.24, 2.45) is 28.9 Å². The highest BCUT2D eigenvalue weighted by molar-refractivity contribution is 5.83. The first-order valence-electron chi connectivity index (χ1n) is 10.6. The Kier molecular flexibility index (Phi) is 5.48. The summed E-state index contributed by atoms with van der Waals surface area (Å²) in [6.45, 7) is 0. The summed E-state index contributed by atoms with van der Waals surface area (Å²) in [6.07, 6.45) is 7.95. The molecule has 5 N–H and O–H groups in total. The molecule has 7 nitrogen and oxygen atoms in total. The molecule has 0 spiro atoms. The Morgan fingerprint density at radius 2 is 1.48 bits per heavy atom. The van der Waals surface area contributed by atoms with Gasteiger partial charge in [-0.15, -0.1) is 0 Å². The van der Waals surface area contributed by atoms with Crippen LogP contribution in [0.5, 0.6) is 0 Å². The maximum absolute atomic E-state index is 12.6. The summed E-state index contributed by atoms with van der Waals surface area (Å²) >= 11 is 0. The van der Waals surface area contributed by atoms with E-state index in [1.807, 2.05) is 30.3 Å². The average molecular weight is 399 g/mol. The van der Waals surface area contributed by atoms with E-state index >= 15 is 0 Å². The van der Waals surface area contributed by atoms with Crippen LogP contribution in [0.3, 0.4) is 0 Å². The summed E-state index contributed by atoms with van der Waals surface area (Å²) in [7, 11) is 0. The van der Waals surface area contributed by atoms with E-state index in [-0.39, 0.29) is 23.7 Å². The molecular weight excluding hydrogens is 368 g/mol. The monoisotopic (exact) mass is 398 g/mol. The van der Waals surface area contributed by atoms with Crippen molar-refractivity contribution in [3.8, 4) is 0 Å². The molecule has 0 saturated heterocycles. The van der Waals surface area contributed by atoms with E-state index in [9.17, 15) is 14.4 Å². The molecular formula is C22H30N4O3. The Balaban J connectivity index is 1.28. The van der Waals surface area contributed by atoms with Crippen molar-refractivity contribution >= 4 is 17.8 Å². The Hall–Kier alpha value is -2.57. The van der Waals surface area contributed by atoms with E-state index in [0.29, 0.717) is 6.42 Å². The SMILES string of the molecule is NC(=O)NC(CC(=O)NNC(=O)CC12CC3CC(CC(C3)C1)C2)c1ccccc1. The van der Waals surface area contributed by atoms with Gasteiger partial charge in [0, 0.05) is 6.42 Å². The number of rotatable bonds is 6. The van der Waals surface area contributed by atoms with Gasteiger partial charge in [-0.25, -0.2) is 4.79 Å². The Morgan fingerprint density at radius 1 is 0.931 bits per heavy atom. The zero-order valence-electron chi connectivity index (χ0n) is 16.7. The van der Waals surface area contributed by atoms with Crippen LogP contribution in [0.25, 0.3) is 0 Å². The standard InChI is InChI=1S/C22H30N4O3/c23-21(29)24-18(17-4-2-1-3-5-17)9-19(27)25-26-20(28)13-22-10-14-6-15(11-22)8-16(7-14)12-22/h1-5,14-16,18H,6-13H2,(H,25,27)(H,26,28)(H3,23,24,29). The normalized spacial score (nSPS) is 30.4. The molecule has 0 heterocycles. The van der Waals surface area contributed by atoms with Crippen molar-refractivity contribution < 1.29 is 14.4 Å². The number of nitrogens with two attached hydrogens (primary N) is 1. The van der Waals surface area contributed by atoms with Crippen LogP contribution in [0.1, 0.15) is 63.0 Å². The molecule has 4 fully saturated rings. The Labute approximate surface area is 171 Å². The molecule has 156 valence electrons. The smallest absolute Gasteiger partial charge is 0.312 e. The third kappa shape index (κ3) is 4.71. The molecule has 1 aromatic rings. The third-order valence-corrected chi connectivity index (χ3v) is 6.95. The number of hydrazine groups is 1. The van der Waals surface area contributed by atoms with Crippen LogP contribution in [0.15, 0.2) is 30.3 Å². The predicted molar refractivity (Wildman–Crippen MR) is 108 cm³/mol. The fourth-order valence-electron chi connectivity index (χ4n) is 6.38. The molecule has 4 amide bonds. The topological polar surface area (TPSA) is 113 Å². The molecule has 7 heteroatoms. The zero-order valence-corrected chi connectivity index (χ0v) is 16.7. The van der Waals surface area contributed by atoms with Crippen molar-refractivity contribution in [1.29, 1.82) is 0 Å².